The maximum atomic E-state index is 12.0. The van der Waals surface area contributed by atoms with Gasteiger partial charge < -0.3 is 5.11 Å². The summed E-state index contributed by atoms with van der Waals surface area (Å²) < 4.78 is 0. The Labute approximate surface area is 126 Å². The highest BCUT2D eigenvalue weighted by Gasteiger charge is 2.49. The topological polar surface area (TPSA) is 37.3 Å². The summed E-state index contributed by atoms with van der Waals surface area (Å²) in [6.07, 6.45) is 7.42. The van der Waals surface area contributed by atoms with Crippen LogP contribution in [0.1, 0.15) is 93.4 Å². The molecule has 1 N–H and O–H groups in total. The molecule has 2 heteroatoms. The van der Waals surface area contributed by atoms with Crippen LogP contribution in [-0.4, -0.2) is 11.1 Å². The van der Waals surface area contributed by atoms with Gasteiger partial charge in [0.15, 0.2) is 0 Å². The second-order valence-electron chi connectivity index (χ2n) is 8.07. The van der Waals surface area contributed by atoms with E-state index in [1.54, 1.807) is 0 Å². The van der Waals surface area contributed by atoms with Gasteiger partial charge in [-0.1, -0.05) is 67.2 Å². The van der Waals surface area contributed by atoms with E-state index >= 15 is 0 Å². The summed E-state index contributed by atoms with van der Waals surface area (Å²) in [5.41, 5.74) is -0.732. The molecule has 0 aliphatic carbocycles. The molecule has 0 aliphatic rings. The maximum Gasteiger partial charge on any atom is 0.309 e. The Kier molecular flexibility index (Phi) is 7.27. The lowest BCUT2D eigenvalue weighted by Crippen LogP contribution is -2.45. The molecule has 1 atom stereocenters. The molecule has 120 valence electrons. The van der Waals surface area contributed by atoms with E-state index in [9.17, 15) is 9.90 Å². The third-order valence-electron chi connectivity index (χ3n) is 5.16. The normalized spacial score (nSPS) is 15.9. The molecule has 2 nitrogen and oxygen atoms in total. The van der Waals surface area contributed by atoms with E-state index in [0.29, 0.717) is 0 Å². The van der Waals surface area contributed by atoms with Crippen LogP contribution in [0.25, 0.3) is 0 Å². The molecule has 0 heterocycles. The number of carboxylic acid groups (broad SMARTS) is 1. The first-order chi connectivity index (χ1) is 9.02. The molecule has 0 saturated heterocycles. The summed E-state index contributed by atoms with van der Waals surface area (Å²) in [5.74, 6) is -0.636. The molecule has 0 aromatic carbocycles. The van der Waals surface area contributed by atoms with E-state index in [4.69, 9.17) is 0 Å². The van der Waals surface area contributed by atoms with E-state index in [2.05, 4.69) is 41.5 Å². The molecule has 0 fully saturated rings. The zero-order chi connectivity index (χ0) is 16.0. The maximum absolute atomic E-state index is 12.0. The number of aliphatic carboxylic acids is 1. The first-order valence-electron chi connectivity index (χ1n) is 8.26. The summed E-state index contributed by atoms with van der Waals surface area (Å²) in [7, 11) is 0. The molecule has 0 aromatic rings. The van der Waals surface area contributed by atoms with Crippen LogP contribution in [0.5, 0.6) is 0 Å². The van der Waals surface area contributed by atoms with Crippen molar-refractivity contribution in [3.05, 3.63) is 0 Å². The van der Waals surface area contributed by atoms with Gasteiger partial charge in [0.1, 0.15) is 0 Å². The summed E-state index contributed by atoms with van der Waals surface area (Å²) in [6.45, 7) is 15.0. The number of rotatable bonds is 10. The zero-order valence-electron chi connectivity index (χ0n) is 14.8. The van der Waals surface area contributed by atoms with Gasteiger partial charge in [-0.25, -0.2) is 0 Å². The average Bonchev–Trinajstić information content (AvgIpc) is 2.33. The minimum atomic E-state index is -0.653. The molecule has 0 bridgehead atoms. The van der Waals surface area contributed by atoms with Crippen molar-refractivity contribution in [1.82, 2.24) is 0 Å². The number of carbonyl (C=O) groups is 1. The van der Waals surface area contributed by atoms with Crippen molar-refractivity contribution < 1.29 is 9.90 Å². The second kappa shape index (κ2) is 7.47. The zero-order valence-corrected chi connectivity index (χ0v) is 14.8. The largest absolute Gasteiger partial charge is 0.481 e. The van der Waals surface area contributed by atoms with Crippen LogP contribution in [0.3, 0.4) is 0 Å². The standard InChI is InChI=1S/C18H36O2/c1-8-10-12-16(3,4)14-18(7,15(19)20)17(5,6)13-11-9-2/h8-14H2,1-7H3,(H,19,20). The lowest BCUT2D eigenvalue weighted by molar-refractivity contribution is -0.159. The molecule has 0 amide bonds. The number of hydrogen-bond acceptors (Lipinski definition) is 1. The Morgan fingerprint density at radius 2 is 1.35 bits per heavy atom. The number of unbranched alkanes of at least 4 members (excludes halogenated alkanes) is 2. The van der Waals surface area contributed by atoms with Crippen LogP contribution in [0.4, 0.5) is 0 Å². The van der Waals surface area contributed by atoms with Crippen molar-refractivity contribution in [1.29, 1.82) is 0 Å². The van der Waals surface area contributed by atoms with Gasteiger partial charge in [-0.3, -0.25) is 4.79 Å². The lowest BCUT2D eigenvalue weighted by atomic mass is 9.58. The highest BCUT2D eigenvalue weighted by Crippen LogP contribution is 2.50. The van der Waals surface area contributed by atoms with Crippen molar-refractivity contribution in [2.75, 3.05) is 0 Å². The van der Waals surface area contributed by atoms with Gasteiger partial charge in [-0.05, 0) is 37.0 Å². The molecule has 1 unspecified atom stereocenters. The minimum absolute atomic E-state index is 0.0899. The van der Waals surface area contributed by atoms with E-state index < -0.39 is 11.4 Å². The quantitative estimate of drug-likeness (QED) is 0.542. The Hall–Kier alpha value is -0.530. The molecular formula is C18H36O2. The Balaban J connectivity index is 5.15. The Morgan fingerprint density at radius 3 is 1.75 bits per heavy atom. The van der Waals surface area contributed by atoms with E-state index in [-0.39, 0.29) is 10.8 Å². The van der Waals surface area contributed by atoms with Gasteiger partial charge in [0.05, 0.1) is 5.41 Å². The summed E-state index contributed by atoms with van der Waals surface area (Å²) in [6, 6.07) is 0. The van der Waals surface area contributed by atoms with Crippen LogP contribution in [0, 0.1) is 16.2 Å². The summed E-state index contributed by atoms with van der Waals surface area (Å²) >= 11 is 0. The fraction of sp³-hybridized carbons (Fsp3) is 0.944. The monoisotopic (exact) mass is 284 g/mol. The smallest absolute Gasteiger partial charge is 0.309 e. The average molecular weight is 284 g/mol. The van der Waals surface area contributed by atoms with E-state index in [1.807, 2.05) is 6.92 Å². The van der Waals surface area contributed by atoms with Crippen LogP contribution in [0.2, 0.25) is 0 Å². The van der Waals surface area contributed by atoms with Crippen LogP contribution in [0.15, 0.2) is 0 Å². The minimum Gasteiger partial charge on any atom is -0.481 e. The third-order valence-corrected chi connectivity index (χ3v) is 5.16. The molecular weight excluding hydrogens is 248 g/mol. The SMILES string of the molecule is CCCCC(C)(C)CC(C)(C(=O)O)C(C)(C)CCCC. The van der Waals surface area contributed by atoms with Crippen molar-refractivity contribution in [2.45, 2.75) is 93.4 Å². The first kappa shape index (κ1) is 19.5. The van der Waals surface area contributed by atoms with Crippen LogP contribution in [-0.2, 0) is 4.79 Å². The van der Waals surface area contributed by atoms with Gasteiger partial charge in [0.25, 0.3) is 0 Å². The fourth-order valence-corrected chi connectivity index (χ4v) is 3.20. The fourth-order valence-electron chi connectivity index (χ4n) is 3.20. The van der Waals surface area contributed by atoms with E-state index in [0.717, 1.165) is 32.1 Å². The molecule has 0 spiro atoms. The summed E-state index contributed by atoms with van der Waals surface area (Å²) in [5, 5.41) is 9.86. The van der Waals surface area contributed by atoms with Gasteiger partial charge >= 0.3 is 5.97 Å². The second-order valence-corrected chi connectivity index (χ2v) is 8.07. The molecule has 0 aliphatic heterocycles. The highest BCUT2D eigenvalue weighted by atomic mass is 16.4. The van der Waals surface area contributed by atoms with Crippen molar-refractivity contribution in [3.8, 4) is 0 Å². The predicted molar refractivity (Wildman–Crippen MR) is 87.0 cm³/mol. The predicted octanol–water partition coefficient (Wildman–Crippen LogP) is 5.90. The third kappa shape index (κ3) is 5.10. The lowest BCUT2D eigenvalue weighted by Gasteiger charge is -2.45. The summed E-state index contributed by atoms with van der Waals surface area (Å²) in [4.78, 5) is 12.0. The van der Waals surface area contributed by atoms with E-state index in [1.165, 1.54) is 12.8 Å². The van der Waals surface area contributed by atoms with Crippen molar-refractivity contribution >= 4 is 5.97 Å². The van der Waals surface area contributed by atoms with Crippen molar-refractivity contribution in [3.63, 3.8) is 0 Å². The Bertz CT molecular complexity index is 305. The van der Waals surface area contributed by atoms with Crippen LogP contribution >= 0.6 is 0 Å². The van der Waals surface area contributed by atoms with Gasteiger partial charge in [0, 0.05) is 0 Å². The number of carboxylic acids is 1. The Morgan fingerprint density at radius 1 is 0.900 bits per heavy atom. The first-order valence-corrected chi connectivity index (χ1v) is 8.26. The van der Waals surface area contributed by atoms with Gasteiger partial charge in [-0.2, -0.15) is 0 Å². The van der Waals surface area contributed by atoms with Gasteiger partial charge in [0.2, 0.25) is 0 Å². The molecule has 0 rings (SSSR count). The van der Waals surface area contributed by atoms with Crippen molar-refractivity contribution in [2.24, 2.45) is 16.2 Å². The molecule has 20 heavy (non-hydrogen) atoms. The van der Waals surface area contributed by atoms with Crippen LogP contribution < -0.4 is 0 Å². The molecule has 0 radical (unpaired) electrons. The highest BCUT2D eigenvalue weighted by molar-refractivity contribution is 5.75. The van der Waals surface area contributed by atoms with Gasteiger partial charge in [-0.15, -0.1) is 0 Å². The molecule has 0 aromatic heterocycles. The number of hydrogen-bond donors (Lipinski definition) is 1. The molecule has 0 saturated carbocycles.